The van der Waals surface area contributed by atoms with Gasteiger partial charge in [-0.05, 0) is 18.4 Å². The lowest BCUT2D eigenvalue weighted by Gasteiger charge is -2.37. The third kappa shape index (κ3) is 2.62. The summed E-state index contributed by atoms with van der Waals surface area (Å²) >= 11 is 0. The number of aliphatic hydroxyl groups excluding tert-OH is 1. The first-order valence-corrected chi connectivity index (χ1v) is 7.08. The number of benzene rings is 1. The highest BCUT2D eigenvalue weighted by molar-refractivity contribution is 6.05. The lowest BCUT2D eigenvalue weighted by molar-refractivity contribution is -0.0668. The highest BCUT2D eigenvalue weighted by Crippen LogP contribution is 2.20. The van der Waals surface area contributed by atoms with Crippen molar-refractivity contribution in [3.8, 4) is 0 Å². The van der Waals surface area contributed by atoms with Gasteiger partial charge in [-0.1, -0.05) is 24.3 Å². The molecule has 5 nitrogen and oxygen atoms in total. The molecule has 21 heavy (non-hydrogen) atoms. The lowest BCUT2D eigenvalue weighted by atomic mass is 10.1. The fraction of sp³-hybridized carbons (Fsp3) is 0.375. The molecule has 2 aromatic rings. The van der Waals surface area contributed by atoms with Crippen LogP contribution < -0.4 is 0 Å². The second kappa shape index (κ2) is 5.79. The van der Waals surface area contributed by atoms with E-state index in [0.717, 1.165) is 10.8 Å². The highest BCUT2D eigenvalue weighted by atomic mass is 16.5. The number of hydrogen-bond donors (Lipinski definition) is 1. The van der Waals surface area contributed by atoms with Gasteiger partial charge in [0.15, 0.2) is 0 Å². The molecule has 0 aliphatic carbocycles. The van der Waals surface area contributed by atoms with Gasteiger partial charge in [0, 0.05) is 18.1 Å². The zero-order chi connectivity index (χ0) is 14.8. The Morgan fingerprint density at radius 1 is 1.43 bits per heavy atom. The number of fused-ring (bicyclic) bond motifs is 1. The minimum Gasteiger partial charge on any atom is -0.394 e. The molecule has 0 spiro atoms. The number of pyridine rings is 1. The monoisotopic (exact) mass is 286 g/mol. The molecule has 110 valence electrons. The van der Waals surface area contributed by atoms with Crippen molar-refractivity contribution >= 4 is 16.7 Å². The molecular weight excluding hydrogens is 268 g/mol. The van der Waals surface area contributed by atoms with Crippen molar-refractivity contribution in [2.75, 3.05) is 19.8 Å². The predicted octanol–water partition coefficient (Wildman–Crippen LogP) is 1.46. The molecule has 1 aromatic carbocycles. The van der Waals surface area contributed by atoms with Crippen molar-refractivity contribution in [1.29, 1.82) is 0 Å². The van der Waals surface area contributed by atoms with Gasteiger partial charge in [-0.2, -0.15) is 0 Å². The SMILES string of the molecule is CC1COC(CO)CN1C(=O)c1nccc2ccccc12. The van der Waals surface area contributed by atoms with E-state index in [0.29, 0.717) is 18.8 Å². The van der Waals surface area contributed by atoms with E-state index in [4.69, 9.17) is 4.74 Å². The maximum Gasteiger partial charge on any atom is 0.273 e. The highest BCUT2D eigenvalue weighted by Gasteiger charge is 2.31. The number of nitrogens with zero attached hydrogens (tertiary/aromatic N) is 2. The maximum absolute atomic E-state index is 12.8. The summed E-state index contributed by atoms with van der Waals surface area (Å²) in [4.78, 5) is 18.8. The van der Waals surface area contributed by atoms with E-state index in [1.807, 2.05) is 37.3 Å². The number of carbonyl (C=O) groups excluding carboxylic acids is 1. The first-order chi connectivity index (χ1) is 10.2. The fourth-order valence-electron chi connectivity index (χ4n) is 2.64. The van der Waals surface area contributed by atoms with Crippen molar-refractivity contribution in [1.82, 2.24) is 9.88 Å². The first-order valence-electron chi connectivity index (χ1n) is 7.08. The lowest BCUT2D eigenvalue weighted by Crippen LogP contribution is -2.52. The van der Waals surface area contributed by atoms with Crippen LogP contribution in [0.2, 0.25) is 0 Å². The van der Waals surface area contributed by atoms with Crippen LogP contribution in [0, 0.1) is 0 Å². The van der Waals surface area contributed by atoms with Crippen LogP contribution in [0.1, 0.15) is 17.4 Å². The van der Waals surface area contributed by atoms with Gasteiger partial charge in [0.2, 0.25) is 0 Å². The smallest absolute Gasteiger partial charge is 0.273 e. The van der Waals surface area contributed by atoms with Gasteiger partial charge in [-0.25, -0.2) is 0 Å². The standard InChI is InChI=1S/C16H18N2O3/c1-11-10-21-13(9-19)8-18(11)16(20)15-14-5-3-2-4-12(14)6-7-17-15/h2-7,11,13,19H,8-10H2,1H3. The van der Waals surface area contributed by atoms with E-state index >= 15 is 0 Å². The molecule has 3 rings (SSSR count). The molecule has 0 bridgehead atoms. The molecule has 1 N–H and O–H groups in total. The fourth-order valence-corrected chi connectivity index (χ4v) is 2.64. The number of aromatic nitrogens is 1. The van der Waals surface area contributed by atoms with Gasteiger partial charge in [-0.3, -0.25) is 9.78 Å². The van der Waals surface area contributed by atoms with Gasteiger partial charge < -0.3 is 14.7 Å². The van der Waals surface area contributed by atoms with E-state index in [-0.39, 0.29) is 24.7 Å². The number of hydrogen-bond acceptors (Lipinski definition) is 4. The normalized spacial score (nSPS) is 22.5. The van der Waals surface area contributed by atoms with Crippen LogP contribution in [0.4, 0.5) is 0 Å². The minimum absolute atomic E-state index is 0.0268. The van der Waals surface area contributed by atoms with E-state index in [1.54, 1.807) is 11.1 Å². The quantitative estimate of drug-likeness (QED) is 0.908. The molecule has 5 heteroatoms. The number of morpholine rings is 1. The average Bonchev–Trinajstić information content (AvgIpc) is 2.54. The molecular formula is C16H18N2O3. The Kier molecular flexibility index (Phi) is 3.86. The van der Waals surface area contributed by atoms with E-state index < -0.39 is 0 Å². The summed E-state index contributed by atoms with van der Waals surface area (Å²) in [7, 11) is 0. The van der Waals surface area contributed by atoms with Crippen molar-refractivity contribution in [3.63, 3.8) is 0 Å². The van der Waals surface area contributed by atoms with Crippen molar-refractivity contribution in [2.45, 2.75) is 19.1 Å². The molecule has 1 aromatic heterocycles. The number of ether oxygens (including phenoxy) is 1. The summed E-state index contributed by atoms with van der Waals surface area (Å²) in [6, 6.07) is 9.58. The van der Waals surface area contributed by atoms with Crippen molar-refractivity contribution in [3.05, 3.63) is 42.2 Å². The van der Waals surface area contributed by atoms with Gasteiger partial charge in [0.05, 0.1) is 25.4 Å². The van der Waals surface area contributed by atoms with Crippen LogP contribution in [0.3, 0.4) is 0 Å². The number of rotatable bonds is 2. The number of carbonyl (C=O) groups is 1. The topological polar surface area (TPSA) is 62.7 Å². The average molecular weight is 286 g/mol. The molecule has 0 saturated carbocycles. The molecule has 2 unspecified atom stereocenters. The summed E-state index contributed by atoms with van der Waals surface area (Å²) in [5, 5.41) is 11.1. The Hall–Kier alpha value is -1.98. The zero-order valence-corrected chi connectivity index (χ0v) is 11.9. The van der Waals surface area contributed by atoms with Crippen LogP contribution in [0.5, 0.6) is 0 Å². The summed E-state index contributed by atoms with van der Waals surface area (Å²) in [6.45, 7) is 2.68. The molecule has 1 amide bonds. The third-order valence-corrected chi connectivity index (χ3v) is 3.85. The Morgan fingerprint density at radius 2 is 2.24 bits per heavy atom. The number of amides is 1. The van der Waals surface area contributed by atoms with Crippen LogP contribution >= 0.6 is 0 Å². The molecule has 2 heterocycles. The maximum atomic E-state index is 12.8. The van der Waals surface area contributed by atoms with Gasteiger partial charge in [0.1, 0.15) is 5.69 Å². The summed E-state index contributed by atoms with van der Waals surface area (Å²) < 4.78 is 5.48. The Morgan fingerprint density at radius 3 is 3.05 bits per heavy atom. The van der Waals surface area contributed by atoms with Crippen LogP contribution in [-0.4, -0.2) is 52.8 Å². The third-order valence-electron chi connectivity index (χ3n) is 3.85. The molecule has 2 atom stereocenters. The Bertz CT molecular complexity index is 654. The second-order valence-corrected chi connectivity index (χ2v) is 5.33. The van der Waals surface area contributed by atoms with Gasteiger partial charge in [-0.15, -0.1) is 0 Å². The van der Waals surface area contributed by atoms with Gasteiger partial charge in [0.25, 0.3) is 5.91 Å². The van der Waals surface area contributed by atoms with E-state index in [1.165, 1.54) is 0 Å². The predicted molar refractivity (Wildman–Crippen MR) is 79.1 cm³/mol. The molecule has 1 saturated heterocycles. The largest absolute Gasteiger partial charge is 0.394 e. The second-order valence-electron chi connectivity index (χ2n) is 5.33. The molecule has 0 radical (unpaired) electrons. The first kappa shape index (κ1) is 14.0. The van der Waals surface area contributed by atoms with Gasteiger partial charge >= 0.3 is 0 Å². The summed E-state index contributed by atoms with van der Waals surface area (Å²) in [5.74, 6) is -0.110. The molecule has 1 aliphatic rings. The van der Waals surface area contributed by atoms with Crippen molar-refractivity contribution in [2.24, 2.45) is 0 Å². The Balaban J connectivity index is 1.96. The zero-order valence-electron chi connectivity index (χ0n) is 11.9. The molecule has 1 aliphatic heterocycles. The number of aliphatic hydroxyl groups is 1. The van der Waals surface area contributed by atoms with Crippen LogP contribution in [0.25, 0.3) is 10.8 Å². The summed E-state index contributed by atoms with van der Waals surface area (Å²) in [6.07, 6.45) is 1.34. The van der Waals surface area contributed by atoms with E-state index in [9.17, 15) is 9.90 Å². The molecule has 1 fully saturated rings. The Labute approximate surface area is 123 Å². The van der Waals surface area contributed by atoms with E-state index in [2.05, 4.69) is 4.98 Å². The minimum atomic E-state index is -0.319. The van der Waals surface area contributed by atoms with Crippen LogP contribution in [0.15, 0.2) is 36.5 Å². The summed E-state index contributed by atoms with van der Waals surface area (Å²) in [5.41, 5.74) is 0.457. The van der Waals surface area contributed by atoms with Crippen molar-refractivity contribution < 1.29 is 14.6 Å². The van der Waals surface area contributed by atoms with Crippen LogP contribution in [-0.2, 0) is 4.74 Å².